The summed E-state index contributed by atoms with van der Waals surface area (Å²) in [6.45, 7) is 0.233. The molecule has 0 saturated carbocycles. The molecule has 1 heterocycles. The first-order valence-electron chi connectivity index (χ1n) is 6.15. The summed E-state index contributed by atoms with van der Waals surface area (Å²) in [7, 11) is 0. The molecular formula is C14H11N3O4. The van der Waals surface area contributed by atoms with Crippen molar-refractivity contribution in [2.24, 2.45) is 5.10 Å². The maximum atomic E-state index is 10.5. The second-order valence-corrected chi connectivity index (χ2v) is 4.29. The zero-order chi connectivity index (χ0) is 14.7. The van der Waals surface area contributed by atoms with Crippen molar-refractivity contribution in [3.8, 4) is 11.5 Å². The van der Waals surface area contributed by atoms with Gasteiger partial charge in [-0.1, -0.05) is 0 Å². The third-order valence-electron chi connectivity index (χ3n) is 2.88. The summed E-state index contributed by atoms with van der Waals surface area (Å²) in [5.74, 6) is 1.41. The number of non-ortho nitro benzene ring substituents is 1. The molecule has 0 radical (unpaired) electrons. The summed E-state index contributed by atoms with van der Waals surface area (Å²) >= 11 is 0. The van der Waals surface area contributed by atoms with Crippen molar-refractivity contribution >= 4 is 17.6 Å². The van der Waals surface area contributed by atoms with Crippen LogP contribution >= 0.6 is 0 Å². The van der Waals surface area contributed by atoms with E-state index < -0.39 is 4.92 Å². The van der Waals surface area contributed by atoms with Crippen molar-refractivity contribution < 1.29 is 14.4 Å². The number of fused-ring (bicyclic) bond motifs is 1. The Morgan fingerprint density at radius 1 is 1.14 bits per heavy atom. The van der Waals surface area contributed by atoms with Crippen molar-refractivity contribution in [3.63, 3.8) is 0 Å². The van der Waals surface area contributed by atoms with Crippen LogP contribution in [0.3, 0.4) is 0 Å². The highest BCUT2D eigenvalue weighted by molar-refractivity contribution is 5.81. The third kappa shape index (κ3) is 2.92. The Morgan fingerprint density at radius 2 is 1.90 bits per heavy atom. The number of hydrogen-bond donors (Lipinski definition) is 1. The highest BCUT2D eigenvalue weighted by atomic mass is 16.7. The molecule has 0 bridgehead atoms. The standard InChI is InChI=1S/C14H11N3O4/c18-17(19)12-4-2-11(3-5-12)16-15-8-10-1-6-13-14(7-10)21-9-20-13/h1-8,16H,9H2. The van der Waals surface area contributed by atoms with E-state index >= 15 is 0 Å². The number of rotatable bonds is 4. The SMILES string of the molecule is O=[N+]([O-])c1ccc(NN=Cc2ccc3c(c2)OCO3)cc1. The molecule has 0 unspecified atom stereocenters. The summed E-state index contributed by atoms with van der Waals surface area (Å²) in [5.41, 5.74) is 4.36. The van der Waals surface area contributed by atoms with Crippen LogP contribution in [-0.4, -0.2) is 17.9 Å². The number of benzene rings is 2. The molecule has 106 valence electrons. The van der Waals surface area contributed by atoms with E-state index in [1.165, 1.54) is 12.1 Å². The largest absolute Gasteiger partial charge is 0.454 e. The lowest BCUT2D eigenvalue weighted by molar-refractivity contribution is -0.384. The number of hydrogen-bond acceptors (Lipinski definition) is 6. The fourth-order valence-electron chi connectivity index (χ4n) is 1.83. The molecular weight excluding hydrogens is 274 g/mol. The number of nitro benzene ring substituents is 1. The van der Waals surface area contributed by atoms with Gasteiger partial charge < -0.3 is 9.47 Å². The number of nitrogens with one attached hydrogen (secondary N) is 1. The molecule has 2 aromatic rings. The monoisotopic (exact) mass is 285 g/mol. The van der Waals surface area contributed by atoms with Crippen molar-refractivity contribution in [3.05, 3.63) is 58.1 Å². The van der Waals surface area contributed by atoms with Gasteiger partial charge in [0.15, 0.2) is 11.5 Å². The van der Waals surface area contributed by atoms with Crippen LogP contribution in [0.4, 0.5) is 11.4 Å². The van der Waals surface area contributed by atoms with Gasteiger partial charge in [0, 0.05) is 12.1 Å². The summed E-state index contributed by atoms with van der Waals surface area (Å²) in [4.78, 5) is 10.1. The first-order chi connectivity index (χ1) is 10.2. The van der Waals surface area contributed by atoms with Crippen LogP contribution in [0.1, 0.15) is 5.56 Å². The molecule has 0 fully saturated rings. The summed E-state index contributed by atoms with van der Waals surface area (Å²) in [5, 5.41) is 14.6. The average molecular weight is 285 g/mol. The van der Waals surface area contributed by atoms with Gasteiger partial charge in [-0.15, -0.1) is 0 Å². The van der Waals surface area contributed by atoms with E-state index in [2.05, 4.69) is 10.5 Å². The van der Waals surface area contributed by atoms with Crippen LogP contribution in [0.5, 0.6) is 11.5 Å². The van der Waals surface area contributed by atoms with Crippen molar-refractivity contribution in [2.45, 2.75) is 0 Å². The molecule has 1 aliphatic heterocycles. The first-order valence-corrected chi connectivity index (χ1v) is 6.15. The van der Waals surface area contributed by atoms with E-state index in [0.717, 1.165) is 11.3 Å². The molecule has 0 spiro atoms. The molecule has 21 heavy (non-hydrogen) atoms. The minimum Gasteiger partial charge on any atom is -0.454 e. The van der Waals surface area contributed by atoms with Gasteiger partial charge in [-0.3, -0.25) is 15.5 Å². The highest BCUT2D eigenvalue weighted by Gasteiger charge is 2.12. The topological polar surface area (TPSA) is 86.0 Å². The molecule has 0 aliphatic carbocycles. The van der Waals surface area contributed by atoms with Gasteiger partial charge in [0.1, 0.15) is 0 Å². The third-order valence-corrected chi connectivity index (χ3v) is 2.88. The summed E-state index contributed by atoms with van der Waals surface area (Å²) in [6.07, 6.45) is 1.63. The molecule has 0 amide bonds. The molecule has 7 nitrogen and oxygen atoms in total. The van der Waals surface area contributed by atoms with Crippen molar-refractivity contribution in [2.75, 3.05) is 12.2 Å². The number of anilines is 1. The molecule has 0 atom stereocenters. The van der Waals surface area contributed by atoms with E-state index in [1.807, 2.05) is 18.2 Å². The zero-order valence-electron chi connectivity index (χ0n) is 10.9. The van der Waals surface area contributed by atoms with E-state index in [4.69, 9.17) is 9.47 Å². The van der Waals surface area contributed by atoms with Gasteiger partial charge in [0.25, 0.3) is 5.69 Å². The average Bonchev–Trinajstić information content (AvgIpc) is 2.95. The van der Waals surface area contributed by atoms with Crippen LogP contribution < -0.4 is 14.9 Å². The predicted molar refractivity (Wildman–Crippen MR) is 76.9 cm³/mol. The molecule has 0 aromatic heterocycles. The van der Waals surface area contributed by atoms with Crippen molar-refractivity contribution in [1.29, 1.82) is 0 Å². The Balaban J connectivity index is 1.65. The van der Waals surface area contributed by atoms with Crippen LogP contribution in [0.25, 0.3) is 0 Å². The molecule has 1 aliphatic rings. The Morgan fingerprint density at radius 3 is 2.67 bits per heavy atom. The second kappa shape index (κ2) is 5.49. The molecule has 0 saturated heterocycles. The lowest BCUT2D eigenvalue weighted by Crippen LogP contribution is -1.93. The van der Waals surface area contributed by atoms with Gasteiger partial charge in [-0.25, -0.2) is 0 Å². The minimum absolute atomic E-state index is 0.0419. The van der Waals surface area contributed by atoms with Crippen LogP contribution in [0.2, 0.25) is 0 Å². The van der Waals surface area contributed by atoms with Gasteiger partial charge in [0.2, 0.25) is 6.79 Å². The van der Waals surface area contributed by atoms with Crippen LogP contribution in [0, 0.1) is 10.1 Å². The fourth-order valence-corrected chi connectivity index (χ4v) is 1.83. The van der Waals surface area contributed by atoms with E-state index in [-0.39, 0.29) is 12.5 Å². The Hall–Kier alpha value is -3.09. The molecule has 3 rings (SSSR count). The van der Waals surface area contributed by atoms with Crippen molar-refractivity contribution in [1.82, 2.24) is 0 Å². The van der Waals surface area contributed by atoms with Gasteiger partial charge in [-0.2, -0.15) is 5.10 Å². The quantitative estimate of drug-likeness (QED) is 0.530. The Bertz CT molecular complexity index is 698. The molecule has 2 aromatic carbocycles. The maximum absolute atomic E-state index is 10.5. The van der Waals surface area contributed by atoms with E-state index in [1.54, 1.807) is 18.3 Å². The first kappa shape index (κ1) is 12.9. The summed E-state index contributed by atoms with van der Waals surface area (Å²) < 4.78 is 10.5. The second-order valence-electron chi connectivity index (χ2n) is 4.29. The van der Waals surface area contributed by atoms with E-state index in [9.17, 15) is 10.1 Å². The lowest BCUT2D eigenvalue weighted by atomic mass is 10.2. The predicted octanol–water partition coefficient (Wildman–Crippen LogP) is 2.77. The number of nitro groups is 1. The molecule has 7 heteroatoms. The Labute approximate surface area is 120 Å². The van der Waals surface area contributed by atoms with Crippen LogP contribution in [0.15, 0.2) is 47.6 Å². The normalized spacial score (nSPS) is 12.6. The maximum Gasteiger partial charge on any atom is 0.269 e. The Kier molecular flexibility index (Phi) is 3.38. The minimum atomic E-state index is -0.445. The van der Waals surface area contributed by atoms with Gasteiger partial charge >= 0.3 is 0 Å². The zero-order valence-corrected chi connectivity index (χ0v) is 10.9. The number of ether oxygens (including phenoxy) is 2. The fraction of sp³-hybridized carbons (Fsp3) is 0.0714. The van der Waals surface area contributed by atoms with Crippen LogP contribution in [-0.2, 0) is 0 Å². The summed E-state index contributed by atoms with van der Waals surface area (Å²) in [6, 6.07) is 11.5. The van der Waals surface area contributed by atoms with Gasteiger partial charge in [0.05, 0.1) is 16.8 Å². The highest BCUT2D eigenvalue weighted by Crippen LogP contribution is 2.31. The number of nitrogens with zero attached hydrogens (tertiary/aromatic N) is 2. The smallest absolute Gasteiger partial charge is 0.269 e. The molecule has 1 N–H and O–H groups in total. The van der Waals surface area contributed by atoms with E-state index in [0.29, 0.717) is 11.4 Å². The number of hydrazone groups is 1. The lowest BCUT2D eigenvalue weighted by Gasteiger charge is -2.00. The van der Waals surface area contributed by atoms with Gasteiger partial charge in [-0.05, 0) is 35.9 Å².